The molecule has 31 heavy (non-hydrogen) atoms. The number of carbonyl (C=O) groups excluding carboxylic acids is 1. The van der Waals surface area contributed by atoms with Crippen molar-refractivity contribution in [2.24, 2.45) is 0 Å². The van der Waals surface area contributed by atoms with E-state index in [2.05, 4.69) is 15.0 Å². The Morgan fingerprint density at radius 1 is 1.19 bits per heavy atom. The highest BCUT2D eigenvalue weighted by Gasteiger charge is 2.33. The number of nitrogens with one attached hydrogen (secondary N) is 2. The number of aliphatic hydroxyl groups is 1. The SMILES string of the molecule is O=C(Cc1ccccn1)NCC[C@H]1CC[C@@H](NS(=O)(=O)c2ccc(F)cc2)[C@@H](CO)O1. The molecule has 8 nitrogen and oxygen atoms in total. The predicted molar refractivity (Wildman–Crippen MR) is 111 cm³/mol. The summed E-state index contributed by atoms with van der Waals surface area (Å²) in [6, 6.07) is 9.31. The van der Waals surface area contributed by atoms with Crippen LogP contribution < -0.4 is 10.0 Å². The first-order valence-corrected chi connectivity index (χ1v) is 11.6. The lowest BCUT2D eigenvalue weighted by Crippen LogP contribution is -2.51. The van der Waals surface area contributed by atoms with Crippen molar-refractivity contribution in [2.75, 3.05) is 13.2 Å². The van der Waals surface area contributed by atoms with Crippen LogP contribution in [0.25, 0.3) is 0 Å². The van der Waals surface area contributed by atoms with Gasteiger partial charge in [0.05, 0.1) is 36.2 Å². The Labute approximate surface area is 180 Å². The normalized spacial score (nSPS) is 21.5. The second-order valence-corrected chi connectivity index (χ2v) is 9.09. The van der Waals surface area contributed by atoms with Gasteiger partial charge in [-0.15, -0.1) is 0 Å². The quantitative estimate of drug-likeness (QED) is 0.527. The minimum atomic E-state index is -3.87. The fraction of sp³-hybridized carbons (Fsp3) is 0.429. The van der Waals surface area contributed by atoms with Crippen molar-refractivity contribution in [3.8, 4) is 0 Å². The average molecular weight is 452 g/mol. The number of hydrogen-bond donors (Lipinski definition) is 3. The molecule has 1 aromatic carbocycles. The molecule has 10 heteroatoms. The van der Waals surface area contributed by atoms with Gasteiger partial charge < -0.3 is 15.2 Å². The number of aromatic nitrogens is 1. The molecule has 1 saturated heterocycles. The Morgan fingerprint density at radius 2 is 1.97 bits per heavy atom. The number of benzene rings is 1. The highest BCUT2D eigenvalue weighted by molar-refractivity contribution is 7.89. The number of rotatable bonds is 9. The van der Waals surface area contributed by atoms with E-state index in [1.165, 1.54) is 12.1 Å². The number of pyridine rings is 1. The largest absolute Gasteiger partial charge is 0.394 e. The molecule has 3 N–H and O–H groups in total. The van der Waals surface area contributed by atoms with Crippen LogP contribution in [0.4, 0.5) is 4.39 Å². The van der Waals surface area contributed by atoms with Crippen molar-refractivity contribution in [1.82, 2.24) is 15.0 Å². The first-order valence-electron chi connectivity index (χ1n) is 10.1. The van der Waals surface area contributed by atoms with Crippen molar-refractivity contribution in [1.29, 1.82) is 0 Å². The summed E-state index contributed by atoms with van der Waals surface area (Å²) in [4.78, 5) is 16.1. The second-order valence-electron chi connectivity index (χ2n) is 7.37. The molecule has 1 fully saturated rings. The van der Waals surface area contributed by atoms with Gasteiger partial charge in [0.1, 0.15) is 5.82 Å². The second kappa shape index (κ2) is 10.8. The van der Waals surface area contributed by atoms with Gasteiger partial charge in [0, 0.05) is 18.4 Å². The predicted octanol–water partition coefficient (Wildman–Crippen LogP) is 1.16. The summed E-state index contributed by atoms with van der Waals surface area (Å²) >= 11 is 0. The first-order chi connectivity index (χ1) is 14.9. The van der Waals surface area contributed by atoms with Crippen LogP contribution in [0.15, 0.2) is 53.6 Å². The molecule has 1 aliphatic heterocycles. The van der Waals surface area contributed by atoms with E-state index in [1.807, 2.05) is 6.07 Å². The summed E-state index contributed by atoms with van der Waals surface area (Å²) in [7, 11) is -3.87. The van der Waals surface area contributed by atoms with Crippen LogP contribution in [-0.4, -0.2) is 55.8 Å². The van der Waals surface area contributed by atoms with E-state index >= 15 is 0 Å². The summed E-state index contributed by atoms with van der Waals surface area (Å²) in [6.07, 6.45) is 2.49. The van der Waals surface area contributed by atoms with Gasteiger partial charge in [-0.05, 0) is 55.7 Å². The lowest BCUT2D eigenvalue weighted by atomic mass is 9.98. The maximum atomic E-state index is 13.1. The molecule has 0 radical (unpaired) electrons. The highest BCUT2D eigenvalue weighted by Crippen LogP contribution is 2.23. The summed E-state index contributed by atoms with van der Waals surface area (Å²) < 4.78 is 46.5. The monoisotopic (exact) mass is 451 g/mol. The summed E-state index contributed by atoms with van der Waals surface area (Å²) in [6.45, 7) is 0.0552. The molecule has 0 unspecified atom stereocenters. The van der Waals surface area contributed by atoms with Gasteiger partial charge in [-0.3, -0.25) is 9.78 Å². The van der Waals surface area contributed by atoms with E-state index in [1.54, 1.807) is 18.3 Å². The molecule has 0 spiro atoms. The van der Waals surface area contributed by atoms with Crippen molar-refractivity contribution >= 4 is 15.9 Å². The van der Waals surface area contributed by atoms with Crippen molar-refractivity contribution in [2.45, 2.75) is 48.8 Å². The van der Waals surface area contributed by atoms with Crippen LogP contribution in [-0.2, 0) is 26.0 Å². The molecule has 0 bridgehead atoms. The van der Waals surface area contributed by atoms with Crippen molar-refractivity contribution in [3.63, 3.8) is 0 Å². The van der Waals surface area contributed by atoms with Crippen molar-refractivity contribution < 1.29 is 27.4 Å². The molecule has 1 amide bonds. The molecule has 168 valence electrons. The van der Waals surface area contributed by atoms with Crippen LogP contribution >= 0.6 is 0 Å². The zero-order chi connectivity index (χ0) is 22.3. The van der Waals surface area contributed by atoms with E-state index in [0.29, 0.717) is 31.5 Å². The van der Waals surface area contributed by atoms with Crippen LogP contribution in [0.1, 0.15) is 25.0 Å². The van der Waals surface area contributed by atoms with E-state index in [4.69, 9.17) is 4.74 Å². The van der Waals surface area contributed by atoms with E-state index in [9.17, 15) is 22.7 Å². The third-order valence-electron chi connectivity index (χ3n) is 5.08. The topological polar surface area (TPSA) is 118 Å². The van der Waals surface area contributed by atoms with Gasteiger partial charge in [-0.25, -0.2) is 17.5 Å². The smallest absolute Gasteiger partial charge is 0.240 e. The Hall–Kier alpha value is -2.40. The number of hydrogen-bond acceptors (Lipinski definition) is 6. The average Bonchev–Trinajstić information content (AvgIpc) is 2.75. The van der Waals surface area contributed by atoms with Crippen LogP contribution in [0, 0.1) is 5.82 Å². The lowest BCUT2D eigenvalue weighted by molar-refractivity contribution is -0.121. The lowest BCUT2D eigenvalue weighted by Gasteiger charge is -2.36. The first kappa shape index (κ1) is 23.3. The number of halogens is 1. The number of amides is 1. The maximum absolute atomic E-state index is 13.1. The van der Waals surface area contributed by atoms with E-state index < -0.39 is 28.0 Å². The minimum absolute atomic E-state index is 0.0525. The van der Waals surface area contributed by atoms with Gasteiger partial charge in [0.2, 0.25) is 15.9 Å². The Kier molecular flexibility index (Phi) is 8.08. The summed E-state index contributed by atoms with van der Waals surface area (Å²) in [5, 5.41) is 12.5. The molecule has 2 heterocycles. The van der Waals surface area contributed by atoms with Gasteiger partial charge in [0.25, 0.3) is 0 Å². The third-order valence-corrected chi connectivity index (χ3v) is 6.59. The van der Waals surface area contributed by atoms with Crippen molar-refractivity contribution in [3.05, 3.63) is 60.2 Å². The molecular formula is C21H26FN3O5S. The fourth-order valence-electron chi connectivity index (χ4n) is 3.46. The Morgan fingerprint density at radius 3 is 2.65 bits per heavy atom. The summed E-state index contributed by atoms with van der Waals surface area (Å²) in [5.41, 5.74) is 0.686. The minimum Gasteiger partial charge on any atom is -0.394 e. The fourth-order valence-corrected chi connectivity index (χ4v) is 4.76. The number of nitrogens with zero attached hydrogens (tertiary/aromatic N) is 1. The molecule has 0 aliphatic carbocycles. The van der Waals surface area contributed by atoms with E-state index in [0.717, 1.165) is 12.1 Å². The van der Waals surface area contributed by atoms with Crippen LogP contribution in [0.2, 0.25) is 0 Å². The molecule has 3 rings (SSSR count). The zero-order valence-electron chi connectivity index (χ0n) is 16.9. The molecule has 0 saturated carbocycles. The Bertz CT molecular complexity index is 957. The van der Waals surface area contributed by atoms with E-state index in [-0.39, 0.29) is 29.9 Å². The van der Waals surface area contributed by atoms with Gasteiger partial charge in [-0.2, -0.15) is 0 Å². The zero-order valence-corrected chi connectivity index (χ0v) is 17.7. The molecule has 1 aliphatic rings. The van der Waals surface area contributed by atoms with Crippen LogP contribution in [0.5, 0.6) is 0 Å². The summed E-state index contributed by atoms with van der Waals surface area (Å²) in [5.74, 6) is -0.665. The molecule has 1 aromatic heterocycles. The van der Waals surface area contributed by atoms with Gasteiger partial charge in [-0.1, -0.05) is 6.07 Å². The maximum Gasteiger partial charge on any atom is 0.240 e. The standard InChI is InChI=1S/C21H26FN3O5S/c22-15-4-7-18(8-5-15)31(28,29)25-19-9-6-17(30-20(19)14-26)10-12-24-21(27)13-16-3-1-2-11-23-16/h1-5,7-8,11,17,19-20,25-26H,6,9-10,12-14H2,(H,24,27)/t17-,19-,20-/m1/s1. The third kappa shape index (κ3) is 6.79. The van der Waals surface area contributed by atoms with Gasteiger partial charge >= 0.3 is 0 Å². The Balaban J connectivity index is 1.46. The number of ether oxygens (including phenoxy) is 1. The highest BCUT2D eigenvalue weighted by atomic mass is 32.2. The molecular weight excluding hydrogens is 425 g/mol. The molecule has 3 atom stereocenters. The number of sulfonamides is 1. The van der Waals surface area contributed by atoms with Crippen LogP contribution in [0.3, 0.4) is 0 Å². The van der Waals surface area contributed by atoms with Gasteiger partial charge in [0.15, 0.2) is 0 Å². The molecule has 2 aromatic rings. The number of aliphatic hydroxyl groups excluding tert-OH is 1. The number of carbonyl (C=O) groups is 1.